The standard InChI is InChI=1S/C23H28ClN3O5/c1-32-19-7-5-18(6-8-19)26-11-13-27(14-12-26)23(31)21(29)20(28)22(30)25-10-9-16-3-2-4-17(24)15-16/h2-8,15,20-21,28-29H,9-14H2,1H3,(H,25,30)/t20-,21-/m1/s1. The zero-order valence-electron chi connectivity index (χ0n) is 17.9. The number of nitrogens with one attached hydrogen (secondary N) is 1. The number of hydrogen-bond donors (Lipinski definition) is 3. The van der Waals surface area contributed by atoms with Crippen LogP contribution in [-0.4, -0.2) is 79.0 Å². The van der Waals surface area contributed by atoms with Gasteiger partial charge in [-0.25, -0.2) is 0 Å². The number of rotatable bonds is 8. The zero-order chi connectivity index (χ0) is 23.1. The number of amides is 2. The van der Waals surface area contributed by atoms with Crippen LogP contribution in [-0.2, 0) is 16.0 Å². The Morgan fingerprint density at radius 2 is 1.75 bits per heavy atom. The van der Waals surface area contributed by atoms with Crippen molar-refractivity contribution in [2.45, 2.75) is 18.6 Å². The molecule has 0 saturated carbocycles. The lowest BCUT2D eigenvalue weighted by atomic mass is 10.1. The van der Waals surface area contributed by atoms with E-state index in [-0.39, 0.29) is 6.54 Å². The molecule has 0 radical (unpaired) electrons. The number of nitrogens with zero attached hydrogens (tertiary/aromatic N) is 2. The van der Waals surface area contributed by atoms with Crippen LogP contribution in [0.3, 0.4) is 0 Å². The molecule has 1 fully saturated rings. The third-order valence-corrected chi connectivity index (χ3v) is 5.69. The molecule has 172 valence electrons. The molecule has 1 aliphatic heterocycles. The monoisotopic (exact) mass is 461 g/mol. The van der Waals surface area contributed by atoms with E-state index in [1.54, 1.807) is 19.2 Å². The molecular formula is C23H28ClN3O5. The predicted octanol–water partition coefficient (Wildman–Crippen LogP) is 1.08. The normalized spacial score (nSPS) is 15.8. The van der Waals surface area contributed by atoms with Crippen molar-refractivity contribution in [3.05, 3.63) is 59.1 Å². The first kappa shape index (κ1) is 23.8. The predicted molar refractivity (Wildman–Crippen MR) is 122 cm³/mol. The van der Waals surface area contributed by atoms with E-state index < -0.39 is 24.0 Å². The van der Waals surface area contributed by atoms with Crippen LogP contribution in [0.2, 0.25) is 5.02 Å². The first-order chi connectivity index (χ1) is 15.4. The summed E-state index contributed by atoms with van der Waals surface area (Å²) in [7, 11) is 1.61. The van der Waals surface area contributed by atoms with Crippen LogP contribution >= 0.6 is 11.6 Å². The fourth-order valence-electron chi connectivity index (χ4n) is 3.57. The summed E-state index contributed by atoms with van der Waals surface area (Å²) in [6, 6.07) is 14.9. The Morgan fingerprint density at radius 3 is 2.38 bits per heavy atom. The van der Waals surface area contributed by atoms with Crippen molar-refractivity contribution >= 4 is 29.1 Å². The summed E-state index contributed by atoms with van der Waals surface area (Å²) < 4.78 is 5.16. The van der Waals surface area contributed by atoms with Crippen LogP contribution in [0.5, 0.6) is 5.75 Å². The summed E-state index contributed by atoms with van der Waals surface area (Å²) in [5.74, 6) is -0.674. The third kappa shape index (κ3) is 6.12. The Morgan fingerprint density at radius 1 is 1.06 bits per heavy atom. The van der Waals surface area contributed by atoms with Crippen LogP contribution in [0.1, 0.15) is 5.56 Å². The van der Waals surface area contributed by atoms with Gasteiger partial charge in [-0.2, -0.15) is 0 Å². The third-order valence-electron chi connectivity index (χ3n) is 5.45. The fourth-order valence-corrected chi connectivity index (χ4v) is 3.78. The number of carbonyl (C=O) groups excluding carboxylic acids is 2. The van der Waals surface area contributed by atoms with Gasteiger partial charge < -0.3 is 30.1 Å². The quantitative estimate of drug-likeness (QED) is 0.543. The maximum atomic E-state index is 12.6. The first-order valence-corrected chi connectivity index (χ1v) is 10.8. The minimum absolute atomic E-state index is 0.248. The van der Waals surface area contributed by atoms with Gasteiger partial charge in [-0.3, -0.25) is 9.59 Å². The molecule has 8 nitrogen and oxygen atoms in total. The zero-order valence-corrected chi connectivity index (χ0v) is 18.7. The highest BCUT2D eigenvalue weighted by molar-refractivity contribution is 6.30. The van der Waals surface area contributed by atoms with Crippen LogP contribution in [0, 0.1) is 0 Å². The number of piperazine rings is 1. The average molecular weight is 462 g/mol. The van der Waals surface area contributed by atoms with Gasteiger partial charge in [0.2, 0.25) is 0 Å². The second-order valence-electron chi connectivity index (χ2n) is 7.57. The lowest BCUT2D eigenvalue weighted by molar-refractivity contribution is -0.153. The van der Waals surface area contributed by atoms with Crippen molar-refractivity contribution in [1.29, 1.82) is 0 Å². The van der Waals surface area contributed by atoms with E-state index in [4.69, 9.17) is 16.3 Å². The number of aliphatic hydroxyl groups excluding tert-OH is 2. The van der Waals surface area contributed by atoms with Crippen LogP contribution in [0.25, 0.3) is 0 Å². The summed E-state index contributed by atoms with van der Waals surface area (Å²) >= 11 is 5.93. The molecule has 32 heavy (non-hydrogen) atoms. The highest BCUT2D eigenvalue weighted by Crippen LogP contribution is 2.21. The van der Waals surface area contributed by atoms with Gasteiger partial charge in [0.05, 0.1) is 7.11 Å². The Labute approximate surface area is 192 Å². The van der Waals surface area contributed by atoms with E-state index >= 15 is 0 Å². The summed E-state index contributed by atoms with van der Waals surface area (Å²) in [6.07, 6.45) is -3.13. The van der Waals surface area contributed by atoms with Gasteiger partial charge in [-0.05, 0) is 48.4 Å². The summed E-state index contributed by atoms with van der Waals surface area (Å²) in [5, 5.41) is 23.6. The Balaban J connectivity index is 1.45. The number of halogens is 1. The number of anilines is 1. The van der Waals surface area contributed by atoms with Crippen molar-refractivity contribution in [2.24, 2.45) is 0 Å². The minimum atomic E-state index is -1.83. The molecule has 2 amide bonds. The molecule has 1 aliphatic rings. The van der Waals surface area contributed by atoms with Crippen molar-refractivity contribution in [1.82, 2.24) is 10.2 Å². The van der Waals surface area contributed by atoms with E-state index in [1.807, 2.05) is 36.4 Å². The molecule has 2 aromatic rings. The first-order valence-electron chi connectivity index (χ1n) is 10.4. The SMILES string of the molecule is COc1ccc(N2CCN(C(=O)[C@H](O)[C@@H](O)C(=O)NCCc3cccc(Cl)c3)CC2)cc1. The number of carbonyl (C=O) groups is 2. The van der Waals surface area contributed by atoms with E-state index in [2.05, 4.69) is 10.2 Å². The smallest absolute Gasteiger partial charge is 0.254 e. The summed E-state index contributed by atoms with van der Waals surface area (Å²) in [6.45, 7) is 2.16. The van der Waals surface area contributed by atoms with E-state index in [9.17, 15) is 19.8 Å². The Bertz CT molecular complexity index is 916. The van der Waals surface area contributed by atoms with E-state index in [0.717, 1.165) is 17.0 Å². The lowest BCUT2D eigenvalue weighted by Gasteiger charge is -2.37. The van der Waals surface area contributed by atoms with Crippen LogP contribution in [0.4, 0.5) is 5.69 Å². The van der Waals surface area contributed by atoms with Gasteiger partial charge in [-0.15, -0.1) is 0 Å². The second kappa shape index (κ2) is 11.2. The second-order valence-corrected chi connectivity index (χ2v) is 8.01. The van der Waals surface area contributed by atoms with Gasteiger partial charge in [-0.1, -0.05) is 23.7 Å². The maximum Gasteiger partial charge on any atom is 0.254 e. The molecule has 0 unspecified atom stereocenters. The van der Waals surface area contributed by atoms with Crippen molar-refractivity contribution in [3.8, 4) is 5.75 Å². The molecule has 0 spiro atoms. The number of benzene rings is 2. The molecule has 3 N–H and O–H groups in total. The topological polar surface area (TPSA) is 102 Å². The number of hydrogen-bond acceptors (Lipinski definition) is 6. The van der Waals surface area contributed by atoms with Crippen molar-refractivity contribution in [3.63, 3.8) is 0 Å². The van der Waals surface area contributed by atoms with Gasteiger partial charge in [0.25, 0.3) is 11.8 Å². The number of aliphatic hydroxyl groups is 2. The van der Waals surface area contributed by atoms with E-state index in [0.29, 0.717) is 37.6 Å². The molecule has 1 saturated heterocycles. The van der Waals surface area contributed by atoms with Gasteiger partial charge in [0.15, 0.2) is 12.2 Å². The minimum Gasteiger partial charge on any atom is -0.497 e. The Hall–Kier alpha value is -2.81. The maximum absolute atomic E-state index is 12.6. The highest BCUT2D eigenvalue weighted by Gasteiger charge is 2.34. The van der Waals surface area contributed by atoms with Gasteiger partial charge in [0.1, 0.15) is 5.75 Å². The van der Waals surface area contributed by atoms with Crippen molar-refractivity contribution < 1.29 is 24.5 Å². The molecule has 2 atom stereocenters. The molecular weight excluding hydrogens is 434 g/mol. The molecule has 9 heteroatoms. The molecule has 0 bridgehead atoms. The van der Waals surface area contributed by atoms with Gasteiger partial charge >= 0.3 is 0 Å². The van der Waals surface area contributed by atoms with Gasteiger partial charge in [0, 0.05) is 43.4 Å². The molecule has 0 aliphatic carbocycles. The largest absolute Gasteiger partial charge is 0.497 e. The lowest BCUT2D eigenvalue weighted by Crippen LogP contribution is -2.55. The molecule has 0 aromatic heterocycles. The fraction of sp³-hybridized carbons (Fsp3) is 0.391. The van der Waals surface area contributed by atoms with Crippen molar-refractivity contribution in [2.75, 3.05) is 44.7 Å². The average Bonchev–Trinajstić information content (AvgIpc) is 2.82. The van der Waals surface area contributed by atoms with E-state index in [1.165, 1.54) is 4.90 Å². The van der Waals surface area contributed by atoms with Crippen LogP contribution in [0.15, 0.2) is 48.5 Å². The molecule has 2 aromatic carbocycles. The molecule has 1 heterocycles. The number of methoxy groups -OCH3 is 1. The Kier molecular flexibility index (Phi) is 8.33. The summed E-state index contributed by atoms with van der Waals surface area (Å²) in [5.41, 5.74) is 1.94. The molecule has 3 rings (SSSR count). The highest BCUT2D eigenvalue weighted by atomic mass is 35.5. The number of ether oxygens (including phenoxy) is 1. The van der Waals surface area contributed by atoms with Crippen LogP contribution < -0.4 is 15.0 Å². The summed E-state index contributed by atoms with van der Waals surface area (Å²) in [4.78, 5) is 28.4.